The quantitative estimate of drug-likeness (QED) is 0.177. The Hall–Kier alpha value is -3.18. The molecule has 0 spiro atoms. The van der Waals surface area contributed by atoms with Gasteiger partial charge >= 0.3 is 11.9 Å². The minimum atomic E-state index is -2.14. The fourth-order valence-corrected chi connectivity index (χ4v) is 8.86. The molecule has 0 atom stereocenters. The molecular weight excluding hydrogens is 512 g/mol. The van der Waals surface area contributed by atoms with Crippen molar-refractivity contribution >= 4 is 30.4 Å². The molecule has 3 aromatic carbocycles. The smallest absolute Gasteiger partial charge is 0.339 e. The fourth-order valence-electron chi connectivity index (χ4n) is 5.77. The van der Waals surface area contributed by atoms with E-state index >= 15 is 0 Å². The van der Waals surface area contributed by atoms with Crippen LogP contribution >= 0.6 is 0 Å². The Morgan fingerprint density at radius 2 is 1.25 bits per heavy atom. The standard InChI is InChI=1S/C35H44O4Si/c1-10-11-12-19-25-30-24-18-14-16-21-29(24)40(8,9)28-20-15-13-17-23(28)26(30)22-27(32(36)38-34(2,3)4)31(25)33(37)39-35(5,6)7/h13-18,20-22H,10-12,19H2,1-9H3. The lowest BCUT2D eigenvalue weighted by molar-refractivity contribution is 0.00178. The number of rotatable bonds is 6. The molecule has 4 rings (SSSR count). The van der Waals surface area contributed by atoms with Crippen LogP contribution in [0.1, 0.15) is 94.0 Å². The SMILES string of the molecule is CCCCCc1c(C(=O)OC(C)(C)C)c(C(=O)OC(C)(C)C)cc2c1-c1ccccc1[Si](C)(C)c1ccccc1-2. The second-order valence-electron chi connectivity index (χ2n) is 13.4. The summed E-state index contributed by atoms with van der Waals surface area (Å²) in [5.41, 5.74) is 4.39. The molecule has 5 heteroatoms. The zero-order valence-corrected chi connectivity index (χ0v) is 26.7. The molecule has 40 heavy (non-hydrogen) atoms. The second kappa shape index (κ2) is 11.0. The monoisotopic (exact) mass is 556 g/mol. The van der Waals surface area contributed by atoms with Crippen molar-refractivity contribution < 1.29 is 19.1 Å². The Kier molecular flexibility index (Phi) is 8.19. The van der Waals surface area contributed by atoms with Crippen LogP contribution < -0.4 is 10.4 Å². The number of benzene rings is 3. The molecule has 0 N–H and O–H groups in total. The van der Waals surface area contributed by atoms with Crippen molar-refractivity contribution in [1.29, 1.82) is 0 Å². The maximum atomic E-state index is 14.0. The zero-order valence-electron chi connectivity index (χ0n) is 25.7. The number of carbonyl (C=O) groups is 2. The lowest BCUT2D eigenvalue weighted by Gasteiger charge is -2.27. The van der Waals surface area contributed by atoms with Gasteiger partial charge in [0.15, 0.2) is 0 Å². The molecule has 0 fully saturated rings. The van der Waals surface area contributed by atoms with E-state index in [4.69, 9.17) is 9.47 Å². The van der Waals surface area contributed by atoms with Crippen LogP contribution in [0.3, 0.4) is 0 Å². The lowest BCUT2D eigenvalue weighted by Crippen LogP contribution is -2.53. The van der Waals surface area contributed by atoms with Gasteiger partial charge in [0, 0.05) is 0 Å². The summed E-state index contributed by atoms with van der Waals surface area (Å²) in [7, 11) is -2.14. The van der Waals surface area contributed by atoms with Crippen molar-refractivity contribution in [3.8, 4) is 22.3 Å². The molecule has 212 valence electrons. The minimum absolute atomic E-state index is 0.281. The Morgan fingerprint density at radius 3 is 1.82 bits per heavy atom. The van der Waals surface area contributed by atoms with E-state index in [2.05, 4.69) is 68.5 Å². The molecule has 1 aliphatic heterocycles. The average Bonchev–Trinajstić information content (AvgIpc) is 2.93. The summed E-state index contributed by atoms with van der Waals surface area (Å²) in [5.74, 6) is -0.978. The van der Waals surface area contributed by atoms with Gasteiger partial charge in [0.25, 0.3) is 0 Å². The van der Waals surface area contributed by atoms with E-state index in [1.165, 1.54) is 10.4 Å². The first kappa shape index (κ1) is 29.8. The summed E-state index contributed by atoms with van der Waals surface area (Å²) in [5, 5.41) is 2.65. The van der Waals surface area contributed by atoms with Crippen molar-refractivity contribution in [2.75, 3.05) is 0 Å². The average molecular weight is 557 g/mol. The third-order valence-corrected chi connectivity index (χ3v) is 11.0. The number of fused-ring (bicyclic) bond motifs is 5. The minimum Gasteiger partial charge on any atom is -0.456 e. The van der Waals surface area contributed by atoms with Crippen LogP contribution in [-0.2, 0) is 15.9 Å². The van der Waals surface area contributed by atoms with Crippen molar-refractivity contribution in [2.45, 2.75) is 98.4 Å². The van der Waals surface area contributed by atoms with E-state index < -0.39 is 31.2 Å². The summed E-state index contributed by atoms with van der Waals surface area (Å²) in [6.07, 6.45) is 3.65. The molecule has 4 nitrogen and oxygen atoms in total. The van der Waals surface area contributed by atoms with Gasteiger partial charge in [-0.15, -0.1) is 0 Å². The highest BCUT2D eigenvalue weighted by molar-refractivity contribution is 7.02. The molecule has 0 unspecified atom stereocenters. The predicted molar refractivity (Wildman–Crippen MR) is 168 cm³/mol. The maximum Gasteiger partial charge on any atom is 0.339 e. The third-order valence-electron chi connectivity index (χ3n) is 7.44. The molecular formula is C35H44O4Si. The summed E-state index contributed by atoms with van der Waals surface area (Å²) >= 11 is 0. The van der Waals surface area contributed by atoms with E-state index in [1.807, 2.05) is 47.6 Å². The Labute approximate surface area is 241 Å². The first-order valence-corrected chi connectivity index (χ1v) is 17.5. The van der Waals surface area contributed by atoms with Crippen LogP contribution in [0.5, 0.6) is 0 Å². The van der Waals surface area contributed by atoms with Gasteiger partial charge in [-0.1, -0.05) is 81.4 Å². The van der Waals surface area contributed by atoms with Gasteiger partial charge in [0.1, 0.15) is 19.3 Å². The highest BCUT2D eigenvalue weighted by Crippen LogP contribution is 2.42. The molecule has 0 amide bonds. The van der Waals surface area contributed by atoms with Crippen LogP contribution in [0.15, 0.2) is 54.6 Å². The van der Waals surface area contributed by atoms with Crippen molar-refractivity contribution in [3.63, 3.8) is 0 Å². The summed E-state index contributed by atoms with van der Waals surface area (Å²) in [6.45, 7) is 18.1. The van der Waals surface area contributed by atoms with Crippen LogP contribution in [0.4, 0.5) is 0 Å². The van der Waals surface area contributed by atoms with Crippen molar-refractivity contribution in [1.82, 2.24) is 0 Å². The van der Waals surface area contributed by atoms with E-state index in [1.54, 1.807) is 0 Å². The van der Waals surface area contributed by atoms with Crippen LogP contribution in [-0.4, -0.2) is 31.2 Å². The Bertz CT molecular complexity index is 1440. The van der Waals surface area contributed by atoms with E-state index in [0.717, 1.165) is 47.1 Å². The highest BCUT2D eigenvalue weighted by atomic mass is 28.3. The van der Waals surface area contributed by atoms with Gasteiger partial charge in [-0.05, 0) is 98.6 Å². The first-order valence-electron chi connectivity index (χ1n) is 14.5. The molecule has 0 radical (unpaired) electrons. The molecule has 1 heterocycles. The normalized spacial score (nSPS) is 13.9. The summed E-state index contributed by atoms with van der Waals surface area (Å²) in [4.78, 5) is 27.9. The summed E-state index contributed by atoms with van der Waals surface area (Å²) in [6, 6.07) is 19.1. The molecule has 0 aromatic heterocycles. The predicted octanol–water partition coefficient (Wildman–Crippen LogP) is 7.80. The van der Waals surface area contributed by atoms with Crippen LogP contribution in [0.2, 0.25) is 13.1 Å². The first-order chi connectivity index (χ1) is 18.7. The van der Waals surface area contributed by atoms with E-state index in [0.29, 0.717) is 12.0 Å². The van der Waals surface area contributed by atoms with Crippen molar-refractivity contribution in [2.24, 2.45) is 0 Å². The lowest BCUT2D eigenvalue weighted by atomic mass is 9.83. The van der Waals surface area contributed by atoms with Gasteiger partial charge in [-0.2, -0.15) is 0 Å². The molecule has 0 aliphatic carbocycles. The van der Waals surface area contributed by atoms with Gasteiger partial charge < -0.3 is 9.47 Å². The number of unbranched alkanes of at least 4 members (excludes halogenated alkanes) is 2. The molecule has 0 bridgehead atoms. The maximum absolute atomic E-state index is 14.0. The topological polar surface area (TPSA) is 52.6 Å². The number of hydrogen-bond donors (Lipinski definition) is 0. The van der Waals surface area contributed by atoms with Gasteiger partial charge in [-0.25, -0.2) is 9.59 Å². The Balaban J connectivity index is 2.19. The second-order valence-corrected chi connectivity index (χ2v) is 17.7. The number of esters is 2. The highest BCUT2D eigenvalue weighted by Gasteiger charge is 2.38. The Morgan fingerprint density at radius 1 is 0.725 bits per heavy atom. The van der Waals surface area contributed by atoms with Gasteiger partial charge in [-0.3, -0.25) is 0 Å². The molecule has 0 saturated carbocycles. The largest absolute Gasteiger partial charge is 0.456 e. The van der Waals surface area contributed by atoms with E-state index in [9.17, 15) is 9.59 Å². The van der Waals surface area contributed by atoms with Crippen molar-refractivity contribution in [3.05, 3.63) is 71.3 Å². The molecule has 3 aromatic rings. The molecule has 0 saturated heterocycles. The molecule has 1 aliphatic rings. The number of hydrogen-bond acceptors (Lipinski definition) is 4. The fraction of sp³-hybridized carbons (Fsp3) is 0.429. The van der Waals surface area contributed by atoms with E-state index in [-0.39, 0.29) is 5.56 Å². The van der Waals surface area contributed by atoms with Crippen LogP contribution in [0.25, 0.3) is 22.3 Å². The summed E-state index contributed by atoms with van der Waals surface area (Å²) < 4.78 is 11.9. The number of carbonyl (C=O) groups excluding carboxylic acids is 2. The van der Waals surface area contributed by atoms with Gasteiger partial charge in [0.2, 0.25) is 0 Å². The zero-order chi connectivity index (χ0) is 29.5. The van der Waals surface area contributed by atoms with Gasteiger partial charge in [0.05, 0.1) is 11.1 Å². The number of ether oxygens (including phenoxy) is 2. The third kappa shape index (κ3) is 5.95. The van der Waals surface area contributed by atoms with Crippen LogP contribution in [0, 0.1) is 0 Å².